The molecule has 1 aromatic heterocycles. The Kier molecular flexibility index (Phi) is 4.41. The smallest absolute Gasteiger partial charge is 0.343 e. The van der Waals surface area contributed by atoms with Gasteiger partial charge in [0.05, 0.1) is 7.11 Å². The SMILES string of the molecule is COC(=O)c1cncnc1N1CCC(SC)CC1. The zero-order valence-electron chi connectivity index (χ0n) is 10.6. The standard InChI is InChI=1S/C12H17N3O2S/c1-17-12(16)10-7-13-8-14-11(10)15-5-3-9(18-2)4-6-15/h7-9H,3-6H2,1-2H3. The molecule has 0 unspecified atom stereocenters. The highest BCUT2D eigenvalue weighted by atomic mass is 32.2. The number of methoxy groups -OCH3 is 1. The molecule has 1 saturated heterocycles. The van der Waals surface area contributed by atoms with Crippen LogP contribution >= 0.6 is 11.8 Å². The molecule has 18 heavy (non-hydrogen) atoms. The fourth-order valence-corrected chi connectivity index (χ4v) is 2.81. The highest BCUT2D eigenvalue weighted by Crippen LogP contribution is 2.26. The number of carbonyl (C=O) groups excluding carboxylic acids is 1. The number of piperidine rings is 1. The Morgan fingerprint density at radius 2 is 2.22 bits per heavy atom. The van der Waals surface area contributed by atoms with Crippen molar-refractivity contribution >= 4 is 23.5 Å². The van der Waals surface area contributed by atoms with Gasteiger partial charge in [-0.3, -0.25) is 0 Å². The summed E-state index contributed by atoms with van der Waals surface area (Å²) in [4.78, 5) is 21.9. The summed E-state index contributed by atoms with van der Waals surface area (Å²) in [6, 6.07) is 0. The maximum atomic E-state index is 11.7. The molecule has 2 rings (SSSR count). The van der Waals surface area contributed by atoms with E-state index in [0.29, 0.717) is 16.6 Å². The monoisotopic (exact) mass is 267 g/mol. The van der Waals surface area contributed by atoms with Crippen molar-refractivity contribution in [1.82, 2.24) is 9.97 Å². The number of hydrogen-bond donors (Lipinski definition) is 0. The number of carbonyl (C=O) groups is 1. The Balaban J connectivity index is 2.16. The fraction of sp³-hybridized carbons (Fsp3) is 0.583. The van der Waals surface area contributed by atoms with E-state index in [1.165, 1.54) is 19.6 Å². The highest BCUT2D eigenvalue weighted by Gasteiger charge is 2.23. The van der Waals surface area contributed by atoms with E-state index in [4.69, 9.17) is 4.74 Å². The van der Waals surface area contributed by atoms with E-state index in [0.717, 1.165) is 25.9 Å². The Bertz CT molecular complexity index is 420. The van der Waals surface area contributed by atoms with E-state index < -0.39 is 0 Å². The van der Waals surface area contributed by atoms with Crippen molar-refractivity contribution in [3.8, 4) is 0 Å². The lowest BCUT2D eigenvalue weighted by molar-refractivity contribution is 0.0600. The molecule has 6 heteroatoms. The van der Waals surface area contributed by atoms with Crippen molar-refractivity contribution < 1.29 is 9.53 Å². The Morgan fingerprint density at radius 3 is 2.83 bits per heavy atom. The summed E-state index contributed by atoms with van der Waals surface area (Å²) in [5, 5.41) is 0.713. The van der Waals surface area contributed by atoms with Crippen LogP contribution in [0.4, 0.5) is 5.82 Å². The van der Waals surface area contributed by atoms with Gasteiger partial charge in [0, 0.05) is 24.5 Å². The molecule has 0 N–H and O–H groups in total. The minimum Gasteiger partial charge on any atom is -0.465 e. The summed E-state index contributed by atoms with van der Waals surface area (Å²) >= 11 is 1.91. The van der Waals surface area contributed by atoms with E-state index in [1.807, 2.05) is 11.8 Å². The molecule has 0 radical (unpaired) electrons. The minimum atomic E-state index is -0.377. The second-order valence-electron chi connectivity index (χ2n) is 4.17. The van der Waals surface area contributed by atoms with Gasteiger partial charge in [-0.05, 0) is 19.1 Å². The summed E-state index contributed by atoms with van der Waals surface area (Å²) < 4.78 is 4.76. The maximum absolute atomic E-state index is 11.7. The number of ether oxygens (including phenoxy) is 1. The quantitative estimate of drug-likeness (QED) is 0.775. The third-order valence-corrected chi connectivity index (χ3v) is 4.31. The molecule has 0 spiro atoms. The van der Waals surface area contributed by atoms with Crippen LogP contribution in [0, 0.1) is 0 Å². The van der Waals surface area contributed by atoms with Crippen LogP contribution in [0.3, 0.4) is 0 Å². The molecule has 0 atom stereocenters. The van der Waals surface area contributed by atoms with Gasteiger partial charge in [-0.2, -0.15) is 11.8 Å². The number of hydrogen-bond acceptors (Lipinski definition) is 6. The van der Waals surface area contributed by atoms with Crippen LogP contribution in [0.5, 0.6) is 0 Å². The summed E-state index contributed by atoms with van der Waals surface area (Å²) in [5.74, 6) is 0.314. The first-order valence-electron chi connectivity index (χ1n) is 5.92. The predicted octanol–water partition coefficient (Wildman–Crippen LogP) is 1.59. The maximum Gasteiger partial charge on any atom is 0.343 e. The highest BCUT2D eigenvalue weighted by molar-refractivity contribution is 7.99. The van der Waals surface area contributed by atoms with E-state index >= 15 is 0 Å². The van der Waals surface area contributed by atoms with Gasteiger partial charge in [-0.1, -0.05) is 0 Å². The first kappa shape index (κ1) is 13.1. The summed E-state index contributed by atoms with van der Waals surface area (Å²) in [5.41, 5.74) is 0.447. The molecule has 0 aliphatic carbocycles. The van der Waals surface area contributed by atoms with Crippen molar-refractivity contribution in [3.05, 3.63) is 18.1 Å². The number of esters is 1. The van der Waals surface area contributed by atoms with Crippen molar-refractivity contribution in [3.63, 3.8) is 0 Å². The van der Waals surface area contributed by atoms with E-state index in [9.17, 15) is 4.79 Å². The molecular weight excluding hydrogens is 250 g/mol. The lowest BCUT2D eigenvalue weighted by atomic mass is 10.1. The van der Waals surface area contributed by atoms with Gasteiger partial charge in [0.25, 0.3) is 0 Å². The third kappa shape index (κ3) is 2.75. The number of anilines is 1. The molecular formula is C12H17N3O2S. The van der Waals surface area contributed by atoms with Gasteiger partial charge in [0.15, 0.2) is 0 Å². The van der Waals surface area contributed by atoms with Crippen LogP contribution in [0.2, 0.25) is 0 Å². The molecule has 1 aliphatic heterocycles. The topological polar surface area (TPSA) is 55.3 Å². The van der Waals surface area contributed by atoms with Gasteiger partial charge in [0.2, 0.25) is 0 Å². The first-order chi connectivity index (χ1) is 8.76. The average molecular weight is 267 g/mol. The second-order valence-corrected chi connectivity index (χ2v) is 5.31. The second kappa shape index (κ2) is 6.04. The molecule has 1 fully saturated rings. The fourth-order valence-electron chi connectivity index (χ4n) is 2.13. The van der Waals surface area contributed by atoms with Crippen molar-refractivity contribution in [2.75, 3.05) is 31.4 Å². The van der Waals surface area contributed by atoms with Crippen LogP contribution < -0.4 is 4.90 Å². The molecule has 98 valence electrons. The molecule has 5 nitrogen and oxygen atoms in total. The van der Waals surface area contributed by atoms with Crippen molar-refractivity contribution in [2.24, 2.45) is 0 Å². The van der Waals surface area contributed by atoms with Gasteiger partial charge < -0.3 is 9.64 Å². The first-order valence-corrected chi connectivity index (χ1v) is 7.21. The average Bonchev–Trinajstić information content (AvgIpc) is 2.46. The molecule has 0 aromatic carbocycles. The van der Waals surface area contributed by atoms with Crippen LogP contribution in [0.25, 0.3) is 0 Å². The van der Waals surface area contributed by atoms with Gasteiger partial charge in [0.1, 0.15) is 17.7 Å². The van der Waals surface area contributed by atoms with Crippen LogP contribution in [0.1, 0.15) is 23.2 Å². The van der Waals surface area contributed by atoms with Crippen molar-refractivity contribution in [1.29, 1.82) is 0 Å². The summed E-state index contributed by atoms with van der Waals surface area (Å²) in [7, 11) is 1.37. The normalized spacial score (nSPS) is 16.7. The third-order valence-electron chi connectivity index (χ3n) is 3.17. The number of aromatic nitrogens is 2. The molecule has 1 aromatic rings. The van der Waals surface area contributed by atoms with E-state index in [2.05, 4.69) is 21.1 Å². The zero-order valence-corrected chi connectivity index (χ0v) is 11.4. The van der Waals surface area contributed by atoms with Crippen molar-refractivity contribution in [2.45, 2.75) is 18.1 Å². The summed E-state index contributed by atoms with van der Waals surface area (Å²) in [6.07, 6.45) is 7.37. The molecule has 0 amide bonds. The van der Waals surface area contributed by atoms with Crippen LogP contribution in [-0.4, -0.2) is 47.6 Å². The minimum absolute atomic E-state index is 0.377. The van der Waals surface area contributed by atoms with Gasteiger partial charge in [-0.25, -0.2) is 14.8 Å². The lowest BCUT2D eigenvalue weighted by Crippen LogP contribution is -2.36. The van der Waals surface area contributed by atoms with E-state index in [1.54, 1.807) is 0 Å². The number of nitrogens with zero attached hydrogens (tertiary/aromatic N) is 3. The molecule has 1 aliphatic rings. The van der Waals surface area contributed by atoms with Crippen LogP contribution in [0.15, 0.2) is 12.5 Å². The molecule has 0 saturated carbocycles. The number of rotatable bonds is 3. The predicted molar refractivity (Wildman–Crippen MR) is 72.1 cm³/mol. The lowest BCUT2D eigenvalue weighted by Gasteiger charge is -2.32. The Hall–Kier alpha value is -1.30. The Labute approximate surface area is 111 Å². The summed E-state index contributed by atoms with van der Waals surface area (Å²) in [6.45, 7) is 1.85. The Morgan fingerprint density at radius 1 is 1.50 bits per heavy atom. The van der Waals surface area contributed by atoms with Gasteiger partial charge in [-0.15, -0.1) is 0 Å². The van der Waals surface area contributed by atoms with Gasteiger partial charge >= 0.3 is 5.97 Å². The van der Waals surface area contributed by atoms with Crippen LogP contribution in [-0.2, 0) is 4.74 Å². The van der Waals surface area contributed by atoms with E-state index in [-0.39, 0.29) is 5.97 Å². The largest absolute Gasteiger partial charge is 0.465 e. The molecule has 2 heterocycles. The zero-order chi connectivity index (χ0) is 13.0. The molecule has 0 bridgehead atoms. The number of thioether (sulfide) groups is 1.